The van der Waals surface area contributed by atoms with E-state index >= 15 is 0 Å². The molecule has 18 heavy (non-hydrogen) atoms. The average Bonchev–Trinajstić information content (AvgIpc) is 2.46. The van der Waals surface area contributed by atoms with Crippen LogP contribution in [0.25, 0.3) is 0 Å². The first-order valence-corrected chi connectivity index (χ1v) is 8.20. The van der Waals surface area contributed by atoms with Crippen LogP contribution in [-0.4, -0.2) is 37.6 Å². The number of hydrogen-bond donors (Lipinski definition) is 1. The maximum Gasteiger partial charge on any atom is 0.00924 e. The summed E-state index contributed by atoms with van der Waals surface area (Å²) >= 11 is 0. The van der Waals surface area contributed by atoms with Gasteiger partial charge in [-0.1, -0.05) is 13.3 Å². The number of rotatable bonds is 5. The van der Waals surface area contributed by atoms with Gasteiger partial charge in [0.2, 0.25) is 0 Å². The summed E-state index contributed by atoms with van der Waals surface area (Å²) in [7, 11) is 2.35. The Morgan fingerprint density at radius 1 is 1.06 bits per heavy atom. The molecule has 106 valence electrons. The summed E-state index contributed by atoms with van der Waals surface area (Å²) in [5.74, 6) is 1.96. The van der Waals surface area contributed by atoms with Crippen molar-refractivity contribution in [2.75, 3.05) is 26.7 Å². The lowest BCUT2D eigenvalue weighted by Crippen LogP contribution is -2.38. The largest absolute Gasteiger partial charge is 0.316 e. The van der Waals surface area contributed by atoms with Crippen LogP contribution in [0.15, 0.2) is 0 Å². The first-order chi connectivity index (χ1) is 8.79. The molecule has 1 N–H and O–H groups in total. The molecule has 0 amide bonds. The van der Waals surface area contributed by atoms with Crippen molar-refractivity contribution in [3.63, 3.8) is 0 Å². The second-order valence-electron chi connectivity index (χ2n) is 6.56. The van der Waals surface area contributed by atoms with Crippen molar-refractivity contribution >= 4 is 0 Å². The number of nitrogens with zero attached hydrogens (tertiary/aromatic N) is 1. The van der Waals surface area contributed by atoms with Gasteiger partial charge in [-0.05, 0) is 83.5 Å². The fourth-order valence-corrected chi connectivity index (χ4v) is 3.73. The van der Waals surface area contributed by atoms with Gasteiger partial charge in [0.1, 0.15) is 0 Å². The van der Waals surface area contributed by atoms with E-state index in [-0.39, 0.29) is 0 Å². The third-order valence-electron chi connectivity index (χ3n) is 5.31. The summed E-state index contributed by atoms with van der Waals surface area (Å²) < 4.78 is 0. The van der Waals surface area contributed by atoms with Crippen molar-refractivity contribution in [1.29, 1.82) is 0 Å². The fraction of sp³-hybridized carbons (Fsp3) is 1.00. The lowest BCUT2D eigenvalue weighted by Gasteiger charge is -2.35. The van der Waals surface area contributed by atoms with Gasteiger partial charge in [-0.3, -0.25) is 0 Å². The molecule has 1 aliphatic heterocycles. The van der Waals surface area contributed by atoms with E-state index in [1.54, 1.807) is 0 Å². The fourth-order valence-electron chi connectivity index (χ4n) is 3.73. The van der Waals surface area contributed by atoms with Crippen LogP contribution in [0.2, 0.25) is 0 Å². The molecule has 0 bridgehead atoms. The van der Waals surface area contributed by atoms with Crippen molar-refractivity contribution < 1.29 is 0 Å². The first kappa shape index (κ1) is 14.3. The zero-order valence-corrected chi connectivity index (χ0v) is 12.5. The minimum absolute atomic E-state index is 0.879. The predicted molar refractivity (Wildman–Crippen MR) is 78.9 cm³/mol. The van der Waals surface area contributed by atoms with Gasteiger partial charge >= 0.3 is 0 Å². The molecule has 1 unspecified atom stereocenters. The summed E-state index contributed by atoms with van der Waals surface area (Å²) in [6.45, 7) is 6.17. The quantitative estimate of drug-likeness (QED) is 0.808. The monoisotopic (exact) mass is 252 g/mol. The van der Waals surface area contributed by atoms with Gasteiger partial charge in [0, 0.05) is 6.04 Å². The van der Waals surface area contributed by atoms with Crippen molar-refractivity contribution in [1.82, 2.24) is 10.2 Å². The standard InChI is InChI=1S/C16H32N2/c1-3-14-6-8-16(9-7-14)18(2)12-10-15-5-4-11-17-13-15/h14-17H,3-13H2,1-2H3. The molecule has 1 heterocycles. The Kier molecular flexibility index (Phi) is 5.97. The zero-order valence-electron chi connectivity index (χ0n) is 12.5. The minimum Gasteiger partial charge on any atom is -0.316 e. The van der Waals surface area contributed by atoms with Gasteiger partial charge in [-0.2, -0.15) is 0 Å². The Morgan fingerprint density at radius 3 is 2.44 bits per heavy atom. The Morgan fingerprint density at radius 2 is 1.83 bits per heavy atom. The Bertz CT molecular complexity index is 215. The molecule has 0 radical (unpaired) electrons. The molecular formula is C16H32N2. The maximum absolute atomic E-state index is 3.53. The van der Waals surface area contributed by atoms with Crippen LogP contribution >= 0.6 is 0 Å². The molecule has 2 fully saturated rings. The molecule has 1 aliphatic carbocycles. The van der Waals surface area contributed by atoms with Crippen LogP contribution in [-0.2, 0) is 0 Å². The van der Waals surface area contributed by atoms with Gasteiger partial charge in [0.15, 0.2) is 0 Å². The number of piperidine rings is 1. The summed E-state index contributed by atoms with van der Waals surface area (Å²) in [6.07, 6.45) is 11.4. The molecule has 0 aromatic heterocycles. The van der Waals surface area contributed by atoms with E-state index in [2.05, 4.69) is 24.2 Å². The molecular weight excluding hydrogens is 220 g/mol. The smallest absolute Gasteiger partial charge is 0.00924 e. The Hall–Kier alpha value is -0.0800. The van der Waals surface area contributed by atoms with Gasteiger partial charge in [0.25, 0.3) is 0 Å². The van der Waals surface area contributed by atoms with Gasteiger partial charge in [-0.25, -0.2) is 0 Å². The molecule has 0 spiro atoms. The predicted octanol–water partition coefficient (Wildman–Crippen LogP) is 3.28. The van der Waals surface area contributed by atoms with Crippen LogP contribution in [0, 0.1) is 11.8 Å². The van der Waals surface area contributed by atoms with E-state index in [9.17, 15) is 0 Å². The molecule has 0 aromatic carbocycles. The van der Waals surface area contributed by atoms with Crippen LogP contribution < -0.4 is 5.32 Å². The van der Waals surface area contributed by atoms with E-state index in [1.165, 1.54) is 71.0 Å². The van der Waals surface area contributed by atoms with Gasteiger partial charge in [-0.15, -0.1) is 0 Å². The van der Waals surface area contributed by atoms with Crippen LogP contribution in [0.4, 0.5) is 0 Å². The molecule has 1 saturated carbocycles. The third-order valence-corrected chi connectivity index (χ3v) is 5.31. The SMILES string of the molecule is CCC1CCC(N(C)CCC2CCCNC2)CC1. The highest BCUT2D eigenvalue weighted by atomic mass is 15.1. The summed E-state index contributed by atoms with van der Waals surface area (Å²) in [5.41, 5.74) is 0. The minimum atomic E-state index is 0.879. The highest BCUT2D eigenvalue weighted by Gasteiger charge is 2.23. The molecule has 2 aliphatic rings. The van der Waals surface area contributed by atoms with Crippen LogP contribution in [0.1, 0.15) is 58.3 Å². The molecule has 0 aromatic rings. The topological polar surface area (TPSA) is 15.3 Å². The molecule has 2 rings (SSSR count). The van der Waals surface area contributed by atoms with Gasteiger partial charge in [0.05, 0.1) is 0 Å². The van der Waals surface area contributed by atoms with Crippen molar-refractivity contribution in [2.45, 2.75) is 64.3 Å². The second kappa shape index (κ2) is 7.49. The molecule has 1 saturated heterocycles. The Labute approximate surface area is 114 Å². The highest BCUT2D eigenvalue weighted by Crippen LogP contribution is 2.29. The molecule has 2 nitrogen and oxygen atoms in total. The van der Waals surface area contributed by atoms with E-state index in [4.69, 9.17) is 0 Å². The van der Waals surface area contributed by atoms with Gasteiger partial charge < -0.3 is 10.2 Å². The summed E-state index contributed by atoms with van der Waals surface area (Å²) in [6, 6.07) is 0.879. The zero-order chi connectivity index (χ0) is 12.8. The van der Waals surface area contributed by atoms with Crippen molar-refractivity contribution in [2.24, 2.45) is 11.8 Å². The number of nitrogens with one attached hydrogen (secondary N) is 1. The van der Waals surface area contributed by atoms with Crippen molar-refractivity contribution in [3.05, 3.63) is 0 Å². The lowest BCUT2D eigenvalue weighted by molar-refractivity contribution is 0.152. The van der Waals surface area contributed by atoms with E-state index in [0.29, 0.717) is 0 Å². The lowest BCUT2D eigenvalue weighted by atomic mass is 9.84. The summed E-state index contributed by atoms with van der Waals surface area (Å²) in [4.78, 5) is 2.65. The Balaban J connectivity index is 1.63. The second-order valence-corrected chi connectivity index (χ2v) is 6.56. The van der Waals surface area contributed by atoms with E-state index in [0.717, 1.165) is 17.9 Å². The number of hydrogen-bond acceptors (Lipinski definition) is 2. The van der Waals surface area contributed by atoms with Crippen LogP contribution in [0.3, 0.4) is 0 Å². The molecule has 1 atom stereocenters. The normalized spacial score (nSPS) is 33.8. The van der Waals surface area contributed by atoms with E-state index in [1.807, 2.05) is 0 Å². The van der Waals surface area contributed by atoms with Crippen molar-refractivity contribution in [3.8, 4) is 0 Å². The molecule has 2 heteroatoms. The first-order valence-electron chi connectivity index (χ1n) is 8.20. The highest BCUT2D eigenvalue weighted by molar-refractivity contribution is 4.79. The third kappa shape index (κ3) is 4.24. The van der Waals surface area contributed by atoms with E-state index < -0.39 is 0 Å². The summed E-state index contributed by atoms with van der Waals surface area (Å²) in [5, 5.41) is 3.53. The maximum atomic E-state index is 3.53. The average molecular weight is 252 g/mol. The van der Waals surface area contributed by atoms with Crippen LogP contribution in [0.5, 0.6) is 0 Å².